The summed E-state index contributed by atoms with van der Waals surface area (Å²) < 4.78 is 10.3. The van der Waals surface area contributed by atoms with E-state index in [0.717, 1.165) is 6.61 Å². The zero-order chi connectivity index (χ0) is 9.52. The number of ether oxygens (including phenoxy) is 2. The van der Waals surface area contributed by atoms with Gasteiger partial charge in [0.1, 0.15) is 6.10 Å². The van der Waals surface area contributed by atoms with Crippen LogP contribution in [0.1, 0.15) is 6.92 Å². The fourth-order valence-corrected chi connectivity index (χ4v) is 0.907. The van der Waals surface area contributed by atoms with Gasteiger partial charge in [-0.25, -0.2) is 0 Å². The molecule has 0 aromatic heterocycles. The SMILES string of the molecule is C=CC=C(C)C=CCOCC1CO1. The van der Waals surface area contributed by atoms with E-state index in [9.17, 15) is 0 Å². The molecule has 0 spiro atoms. The molecule has 2 heteroatoms. The summed E-state index contributed by atoms with van der Waals surface area (Å²) in [6, 6.07) is 0. The molecule has 0 aliphatic carbocycles. The van der Waals surface area contributed by atoms with E-state index >= 15 is 0 Å². The van der Waals surface area contributed by atoms with Crippen LogP contribution in [0.5, 0.6) is 0 Å². The molecule has 1 heterocycles. The van der Waals surface area contributed by atoms with Crippen molar-refractivity contribution in [2.45, 2.75) is 13.0 Å². The summed E-state index contributed by atoms with van der Waals surface area (Å²) in [7, 11) is 0. The van der Waals surface area contributed by atoms with Gasteiger partial charge in [-0.1, -0.05) is 36.5 Å². The van der Waals surface area contributed by atoms with Crippen LogP contribution in [-0.2, 0) is 9.47 Å². The second kappa shape index (κ2) is 5.73. The molecule has 1 fully saturated rings. The van der Waals surface area contributed by atoms with Crippen molar-refractivity contribution in [3.8, 4) is 0 Å². The average molecular weight is 180 g/mol. The van der Waals surface area contributed by atoms with Crippen molar-refractivity contribution in [2.75, 3.05) is 19.8 Å². The van der Waals surface area contributed by atoms with Crippen LogP contribution >= 0.6 is 0 Å². The quantitative estimate of drug-likeness (QED) is 0.354. The van der Waals surface area contributed by atoms with Crippen molar-refractivity contribution in [1.29, 1.82) is 0 Å². The highest BCUT2D eigenvalue weighted by molar-refractivity contribution is 5.20. The van der Waals surface area contributed by atoms with Crippen LogP contribution in [0.3, 0.4) is 0 Å². The smallest absolute Gasteiger partial charge is 0.104 e. The third kappa shape index (κ3) is 5.39. The maximum absolute atomic E-state index is 5.32. The maximum Gasteiger partial charge on any atom is 0.104 e. The van der Waals surface area contributed by atoms with E-state index in [1.165, 1.54) is 5.57 Å². The Balaban J connectivity index is 2.02. The molecule has 1 unspecified atom stereocenters. The zero-order valence-corrected chi connectivity index (χ0v) is 8.03. The lowest BCUT2D eigenvalue weighted by Gasteiger charge is -1.95. The van der Waals surface area contributed by atoms with Crippen LogP contribution in [0.4, 0.5) is 0 Å². The maximum atomic E-state index is 5.32. The molecule has 1 aliphatic heterocycles. The molecular weight excluding hydrogens is 164 g/mol. The average Bonchev–Trinajstić information content (AvgIpc) is 2.88. The van der Waals surface area contributed by atoms with Gasteiger partial charge in [0.2, 0.25) is 0 Å². The Hall–Kier alpha value is -0.860. The van der Waals surface area contributed by atoms with Crippen LogP contribution in [0.2, 0.25) is 0 Å². The number of allylic oxidation sites excluding steroid dienone is 4. The van der Waals surface area contributed by atoms with Crippen molar-refractivity contribution in [1.82, 2.24) is 0 Å². The molecule has 0 aromatic carbocycles. The van der Waals surface area contributed by atoms with Crippen LogP contribution in [-0.4, -0.2) is 25.9 Å². The monoisotopic (exact) mass is 180 g/mol. The van der Waals surface area contributed by atoms with Gasteiger partial charge in [0.15, 0.2) is 0 Å². The molecular formula is C11H16O2. The molecule has 0 aromatic rings. The summed E-state index contributed by atoms with van der Waals surface area (Å²) in [5.74, 6) is 0. The topological polar surface area (TPSA) is 21.8 Å². The second-order valence-electron chi connectivity index (χ2n) is 3.04. The van der Waals surface area contributed by atoms with Crippen molar-refractivity contribution in [3.05, 3.63) is 36.5 Å². The molecule has 0 radical (unpaired) electrons. The Morgan fingerprint density at radius 1 is 1.69 bits per heavy atom. The third-order valence-electron chi connectivity index (χ3n) is 1.68. The summed E-state index contributed by atoms with van der Waals surface area (Å²) in [6.07, 6.45) is 8.12. The molecule has 1 atom stereocenters. The van der Waals surface area contributed by atoms with Crippen LogP contribution in [0, 0.1) is 0 Å². The highest BCUT2D eigenvalue weighted by Gasteiger charge is 2.21. The van der Waals surface area contributed by atoms with E-state index in [0.29, 0.717) is 19.3 Å². The summed E-state index contributed by atoms with van der Waals surface area (Å²) >= 11 is 0. The Kier molecular flexibility index (Phi) is 4.50. The van der Waals surface area contributed by atoms with Crippen LogP contribution in [0.25, 0.3) is 0 Å². The Bertz CT molecular complexity index is 212. The standard InChI is InChI=1S/C11H16O2/c1-3-5-10(2)6-4-7-12-8-11-9-13-11/h3-6,11H,1,7-9H2,2H3. The van der Waals surface area contributed by atoms with Crippen molar-refractivity contribution >= 4 is 0 Å². The lowest BCUT2D eigenvalue weighted by atomic mass is 10.2. The summed E-state index contributed by atoms with van der Waals surface area (Å²) in [4.78, 5) is 0. The van der Waals surface area contributed by atoms with Gasteiger partial charge >= 0.3 is 0 Å². The van der Waals surface area contributed by atoms with Gasteiger partial charge < -0.3 is 9.47 Å². The van der Waals surface area contributed by atoms with Gasteiger partial charge in [-0.15, -0.1) is 0 Å². The van der Waals surface area contributed by atoms with Gasteiger partial charge in [0.05, 0.1) is 19.8 Å². The molecule has 1 rings (SSSR count). The molecule has 1 saturated heterocycles. The first-order valence-electron chi connectivity index (χ1n) is 4.48. The van der Waals surface area contributed by atoms with E-state index in [2.05, 4.69) is 6.58 Å². The Labute approximate surface area is 79.5 Å². The molecule has 0 saturated carbocycles. The predicted octanol–water partition coefficient (Wildman–Crippen LogP) is 2.09. The molecule has 2 nitrogen and oxygen atoms in total. The fourth-order valence-electron chi connectivity index (χ4n) is 0.907. The van der Waals surface area contributed by atoms with Crippen molar-refractivity contribution < 1.29 is 9.47 Å². The first-order valence-corrected chi connectivity index (χ1v) is 4.48. The first kappa shape index (κ1) is 10.2. The first-order chi connectivity index (χ1) is 6.33. The summed E-state index contributed by atoms with van der Waals surface area (Å²) in [6.45, 7) is 7.88. The van der Waals surface area contributed by atoms with E-state index in [1.807, 2.05) is 25.2 Å². The van der Waals surface area contributed by atoms with E-state index in [-0.39, 0.29) is 0 Å². The number of epoxide rings is 1. The predicted molar refractivity (Wildman–Crippen MR) is 53.7 cm³/mol. The minimum Gasteiger partial charge on any atom is -0.375 e. The largest absolute Gasteiger partial charge is 0.375 e. The van der Waals surface area contributed by atoms with E-state index < -0.39 is 0 Å². The molecule has 13 heavy (non-hydrogen) atoms. The van der Waals surface area contributed by atoms with Gasteiger partial charge in [-0.2, -0.15) is 0 Å². The molecule has 0 amide bonds. The highest BCUT2D eigenvalue weighted by Crippen LogP contribution is 2.08. The molecule has 72 valence electrons. The summed E-state index contributed by atoms with van der Waals surface area (Å²) in [5, 5.41) is 0. The highest BCUT2D eigenvalue weighted by atomic mass is 16.6. The van der Waals surface area contributed by atoms with Gasteiger partial charge in [-0.3, -0.25) is 0 Å². The second-order valence-corrected chi connectivity index (χ2v) is 3.04. The number of rotatable bonds is 6. The van der Waals surface area contributed by atoms with Gasteiger partial charge in [0, 0.05) is 0 Å². The van der Waals surface area contributed by atoms with E-state index in [1.54, 1.807) is 6.08 Å². The van der Waals surface area contributed by atoms with Crippen LogP contribution < -0.4 is 0 Å². The zero-order valence-electron chi connectivity index (χ0n) is 8.03. The molecule has 0 N–H and O–H groups in total. The Morgan fingerprint density at radius 3 is 3.08 bits per heavy atom. The number of hydrogen-bond acceptors (Lipinski definition) is 2. The fraction of sp³-hybridized carbons (Fsp3) is 0.455. The van der Waals surface area contributed by atoms with E-state index in [4.69, 9.17) is 9.47 Å². The Morgan fingerprint density at radius 2 is 2.46 bits per heavy atom. The van der Waals surface area contributed by atoms with Gasteiger partial charge in [0.25, 0.3) is 0 Å². The molecule has 1 aliphatic rings. The van der Waals surface area contributed by atoms with Crippen LogP contribution in [0.15, 0.2) is 36.5 Å². The third-order valence-corrected chi connectivity index (χ3v) is 1.68. The summed E-state index contributed by atoms with van der Waals surface area (Å²) in [5.41, 5.74) is 1.18. The lowest BCUT2D eigenvalue weighted by molar-refractivity contribution is 0.141. The van der Waals surface area contributed by atoms with Crippen molar-refractivity contribution in [3.63, 3.8) is 0 Å². The van der Waals surface area contributed by atoms with Gasteiger partial charge in [-0.05, 0) is 6.92 Å². The minimum absolute atomic E-state index is 0.359. The van der Waals surface area contributed by atoms with Crippen molar-refractivity contribution in [2.24, 2.45) is 0 Å². The minimum atomic E-state index is 0.359. The normalized spacial score (nSPS) is 22.2. The lowest BCUT2D eigenvalue weighted by Crippen LogP contribution is -2.00. The molecule has 0 bridgehead atoms. The number of hydrogen-bond donors (Lipinski definition) is 0.